The first-order chi connectivity index (χ1) is 27.9. The molecule has 0 unspecified atom stereocenters. The third-order valence-electron chi connectivity index (χ3n) is 6.59. The Bertz CT molecular complexity index is 3080. The van der Waals surface area contributed by atoms with Gasteiger partial charge in [-0.2, -0.15) is 0 Å². The summed E-state index contributed by atoms with van der Waals surface area (Å²) in [6, 6.07) is 16.0. The largest absolute Gasteiger partial charge is 0.507 e. The fourth-order valence-electron chi connectivity index (χ4n) is 4.89. The van der Waals surface area contributed by atoms with Crippen molar-refractivity contribution in [2.45, 2.75) is 25.7 Å². The van der Waals surface area contributed by atoms with E-state index in [1.807, 2.05) is 30.3 Å². The SMILES string of the molecule is O=COc1ccc2c3c(ccc(Br)c13)CC2.Oc1ccc2c3c(ccc(Br)c13)CC2.S=S=S=S=S=S=S=S=S=S=S=S=S.S=S=S=S=S=S=S=S=S=S=S=S=S=S. The van der Waals surface area contributed by atoms with Gasteiger partial charge in [0.05, 0.1) is 0 Å². The Kier molecular flexibility index (Phi) is 33.6. The number of aromatic hydroxyl groups is 1. The van der Waals surface area contributed by atoms with Crippen molar-refractivity contribution in [2.75, 3.05) is 0 Å². The highest BCUT2D eigenvalue weighted by molar-refractivity contribution is 9.11. The average Bonchev–Trinajstić information content (AvgIpc) is 3.85. The van der Waals surface area contributed by atoms with Gasteiger partial charge >= 0.3 is 0 Å². The van der Waals surface area contributed by atoms with Crippen LogP contribution in [0.2, 0.25) is 0 Å². The zero-order valence-electron chi connectivity index (χ0n) is 27.1. The highest BCUT2D eigenvalue weighted by Crippen LogP contribution is 2.41. The van der Waals surface area contributed by atoms with Crippen LogP contribution in [0.15, 0.2) is 57.5 Å². The Morgan fingerprint density at radius 3 is 1.09 bits per heavy atom. The maximum Gasteiger partial charge on any atom is 0.298 e. The molecule has 4 aromatic carbocycles. The molecule has 0 radical (unpaired) electrons. The fraction of sp³-hybridized carbons (Fsp3) is 0.160. The van der Waals surface area contributed by atoms with Crippen molar-refractivity contribution in [2.24, 2.45) is 0 Å². The van der Waals surface area contributed by atoms with E-state index >= 15 is 0 Å². The van der Waals surface area contributed by atoms with Crippen LogP contribution in [0.3, 0.4) is 0 Å². The molecule has 0 spiro atoms. The van der Waals surface area contributed by atoms with E-state index < -0.39 is 0 Å². The summed E-state index contributed by atoms with van der Waals surface area (Å²) in [6.45, 7) is 0.478. The van der Waals surface area contributed by atoms with Crippen molar-refractivity contribution in [3.63, 3.8) is 0 Å². The molecule has 6 rings (SSSR count). The Hall–Kier alpha value is 3.57. The van der Waals surface area contributed by atoms with Crippen molar-refractivity contribution in [1.82, 2.24) is 0 Å². The lowest BCUT2D eigenvalue weighted by Gasteiger charge is -2.08. The van der Waals surface area contributed by atoms with Crippen molar-refractivity contribution in [3.05, 3.63) is 79.7 Å². The second-order valence-corrected chi connectivity index (χ2v) is 51.6. The lowest BCUT2D eigenvalue weighted by atomic mass is 10.0. The molecule has 0 fully saturated rings. The molecular formula is C25H18Br2O3S27. The number of carbonyl (C=O) groups excluding carboxylic acids is 1. The number of benzene rings is 4. The molecule has 57 heavy (non-hydrogen) atoms. The number of aryl methyl sites for hydroxylation is 4. The number of carbonyl (C=O) groups is 1. The molecule has 0 aromatic heterocycles. The Balaban J connectivity index is 0.000000204. The maximum absolute atomic E-state index is 10.5. The molecule has 4 aromatic rings. The number of ether oxygens (including phenoxy) is 1. The van der Waals surface area contributed by atoms with Crippen LogP contribution in [-0.2, 0) is 279 Å². The lowest BCUT2D eigenvalue weighted by molar-refractivity contribution is -0.120. The molecule has 0 saturated heterocycles. The van der Waals surface area contributed by atoms with E-state index in [4.69, 9.17) is 49.5 Å². The Labute approximate surface area is 431 Å². The second-order valence-electron chi connectivity index (χ2n) is 9.16. The monoisotopic (exact) mass is 1390 g/mol. The van der Waals surface area contributed by atoms with Crippen LogP contribution < -0.4 is 4.74 Å². The highest BCUT2D eigenvalue weighted by Gasteiger charge is 2.19. The van der Waals surface area contributed by atoms with Gasteiger partial charge in [-0.3, -0.25) is 4.79 Å². The van der Waals surface area contributed by atoms with Crippen LogP contribution in [0.5, 0.6) is 11.5 Å². The number of phenols is 1. The molecule has 0 aliphatic heterocycles. The minimum atomic E-state index is 0.374. The summed E-state index contributed by atoms with van der Waals surface area (Å²) in [4.78, 5) is 10.5. The molecule has 0 atom stereocenters. The normalized spacial score (nSPS) is 10.4. The number of phenolic OH excluding ortho intramolecular Hbond substituents is 1. The summed E-state index contributed by atoms with van der Waals surface area (Å²) in [6.07, 6.45) is 4.35. The third-order valence-corrected chi connectivity index (χ3v) is 54.6. The van der Waals surface area contributed by atoms with E-state index in [9.17, 15) is 9.90 Å². The molecule has 2 aliphatic rings. The minimum Gasteiger partial charge on any atom is -0.507 e. The molecule has 32 heteroatoms. The molecule has 0 amide bonds. The summed E-state index contributed by atoms with van der Waals surface area (Å²) >= 11 is 25.8. The molecule has 1 N–H and O–H groups in total. The van der Waals surface area contributed by atoms with Gasteiger partial charge in [-0.15, -0.1) is 0 Å². The van der Waals surface area contributed by atoms with Crippen LogP contribution in [0.25, 0.3) is 21.5 Å². The summed E-state index contributed by atoms with van der Waals surface area (Å²) < 4.78 is 6.99. The molecule has 312 valence electrons. The summed E-state index contributed by atoms with van der Waals surface area (Å²) in [7, 11) is 38.0. The van der Waals surface area contributed by atoms with Gasteiger partial charge in [0.2, 0.25) is 0 Å². The number of halogens is 2. The van der Waals surface area contributed by atoms with E-state index in [2.05, 4.69) is 44.0 Å². The number of hydrogen-bond acceptors (Lipinski definition) is 7. The van der Waals surface area contributed by atoms with Gasteiger partial charge in [0.15, 0.2) is 0 Å². The average molecular weight is 1390 g/mol. The van der Waals surface area contributed by atoms with E-state index in [1.165, 1.54) is 68.5 Å². The van der Waals surface area contributed by atoms with E-state index in [0.717, 1.165) is 45.4 Å². The zero-order chi connectivity index (χ0) is 41.1. The second kappa shape index (κ2) is 34.9. The Morgan fingerprint density at radius 1 is 0.439 bits per heavy atom. The Morgan fingerprint density at radius 2 is 0.737 bits per heavy atom. The predicted octanol–water partition coefficient (Wildman–Crippen LogP) is 6.58. The van der Waals surface area contributed by atoms with Crippen molar-refractivity contribution in [1.29, 1.82) is 0 Å². The van der Waals surface area contributed by atoms with Crippen molar-refractivity contribution in [3.8, 4) is 11.5 Å². The van der Waals surface area contributed by atoms with Gasteiger partial charge in [0.1, 0.15) is 11.5 Å². The van der Waals surface area contributed by atoms with Crippen molar-refractivity contribution < 1.29 is 14.6 Å². The smallest absolute Gasteiger partial charge is 0.298 e. The fourth-order valence-corrected chi connectivity index (χ4v) is 58.1. The minimum absolute atomic E-state index is 0.374. The third kappa shape index (κ3) is 20.7. The summed E-state index contributed by atoms with van der Waals surface area (Å²) in [5.74, 6) is 1.00. The van der Waals surface area contributed by atoms with Gasteiger partial charge in [-0.05, 0) is 83.0 Å². The van der Waals surface area contributed by atoms with Gasteiger partial charge in [0.25, 0.3) is 6.47 Å². The topological polar surface area (TPSA) is 46.5 Å². The first-order valence-electron chi connectivity index (χ1n) is 14.0. The molecule has 3 nitrogen and oxygen atoms in total. The zero-order valence-corrected chi connectivity index (χ0v) is 52.3. The molecule has 0 heterocycles. The predicted molar refractivity (Wildman–Crippen MR) is 325 cm³/mol. The highest BCUT2D eigenvalue weighted by atomic mass is 79.9. The first kappa shape index (κ1) is 54.9. The number of rotatable bonds is 2. The molecule has 0 saturated carbocycles. The van der Waals surface area contributed by atoms with E-state index in [-0.39, 0.29) is 0 Å². The molecular weight excluding hydrogens is 1370 g/mol. The van der Waals surface area contributed by atoms with Crippen molar-refractivity contribution >= 4 is 309 Å². The standard InChI is InChI=1S/C13H9BrO2.C12H9BrO.S14.S13/c14-10-5-3-8-1-2-9-4-6-11(16-7-15)13(10)12(8)9;13-9-5-3-7-1-2-8-4-6-10(14)12(9)11(7)8;1-3-5-7-9-11-13-14-12-10-8-6-4-2;1-3-5-7-9-11-13-12-10-8-6-4-2/h3-7H,1-2H2;3-6,14H,1-2H2;;. The van der Waals surface area contributed by atoms with Gasteiger partial charge in [-0.1, -0.05) is 56.1 Å². The van der Waals surface area contributed by atoms with Crippen LogP contribution in [-0.4, -0.2) is 11.6 Å². The van der Waals surface area contributed by atoms with E-state index in [0.29, 0.717) is 18.0 Å². The lowest BCUT2D eigenvalue weighted by Crippen LogP contribution is -1.91. The van der Waals surface area contributed by atoms with Gasteiger partial charge < -0.3 is 9.84 Å². The van der Waals surface area contributed by atoms with Gasteiger partial charge in [-0.25, -0.2) is 0 Å². The van der Waals surface area contributed by atoms with Gasteiger partial charge in [0, 0.05) is 269 Å². The number of hydrogen-bond donors (Lipinski definition) is 1. The quantitative estimate of drug-likeness (QED) is 0.228. The first-order valence-corrected chi connectivity index (χ1v) is 48.9. The summed E-state index contributed by atoms with van der Waals surface area (Å²) in [5, 5.41) is 14.3. The molecule has 0 bridgehead atoms. The van der Waals surface area contributed by atoms with Crippen LogP contribution in [0.4, 0.5) is 0 Å². The maximum atomic E-state index is 10.5. The van der Waals surface area contributed by atoms with Crippen LogP contribution >= 0.6 is 31.9 Å². The summed E-state index contributed by atoms with van der Waals surface area (Å²) in [5.41, 5.74) is 5.39. The molecule has 2 aliphatic carbocycles. The van der Waals surface area contributed by atoms with Crippen LogP contribution in [0, 0.1) is 0 Å². The van der Waals surface area contributed by atoms with Crippen LogP contribution in [0.1, 0.15) is 22.3 Å². The van der Waals surface area contributed by atoms with E-state index in [1.54, 1.807) is 175 Å².